The lowest BCUT2D eigenvalue weighted by molar-refractivity contribution is -0.239. The molecule has 0 amide bonds. The minimum absolute atomic E-state index is 0.0226. The van der Waals surface area contributed by atoms with Crippen LogP contribution in [0.3, 0.4) is 0 Å². The van der Waals surface area contributed by atoms with Crippen LogP contribution in [0, 0.1) is 28.6 Å². The van der Waals surface area contributed by atoms with Gasteiger partial charge >= 0.3 is 5.97 Å². The number of allylic oxidation sites excluding steroid dienone is 2. The fourth-order valence-corrected chi connectivity index (χ4v) is 5.33. The van der Waals surface area contributed by atoms with Gasteiger partial charge in [-0.15, -0.1) is 0 Å². The molecule has 5 nitrogen and oxygen atoms in total. The van der Waals surface area contributed by atoms with E-state index in [4.69, 9.17) is 9.47 Å². The molecule has 8 atom stereocenters. The minimum atomic E-state index is -1.62. The summed E-state index contributed by atoms with van der Waals surface area (Å²) < 4.78 is 11.6. The predicted octanol–water partition coefficient (Wildman–Crippen LogP) is 1.44. The number of ketones is 1. The molecular formula is C17H22O5. The van der Waals surface area contributed by atoms with Crippen molar-refractivity contribution in [3.63, 3.8) is 0 Å². The smallest absolute Gasteiger partial charge is 0.318 e. The Labute approximate surface area is 129 Å². The van der Waals surface area contributed by atoms with Crippen LogP contribution in [0.2, 0.25) is 0 Å². The second kappa shape index (κ2) is 3.82. The Morgan fingerprint density at radius 1 is 1.27 bits per heavy atom. The van der Waals surface area contributed by atoms with E-state index in [1.54, 1.807) is 13.0 Å². The lowest BCUT2D eigenvalue weighted by atomic mass is 9.64. The van der Waals surface area contributed by atoms with Crippen molar-refractivity contribution in [2.24, 2.45) is 28.6 Å². The Balaban J connectivity index is 1.92. The fraction of sp³-hybridized carbons (Fsp3) is 0.765. The summed E-state index contributed by atoms with van der Waals surface area (Å²) in [5.74, 6) is -2.04. The normalized spacial score (nSPS) is 59.2. The highest BCUT2D eigenvalue weighted by Crippen LogP contribution is 2.64. The van der Waals surface area contributed by atoms with Gasteiger partial charge in [0.15, 0.2) is 11.6 Å². The Bertz CT molecular complexity index is 608. The average molecular weight is 306 g/mol. The van der Waals surface area contributed by atoms with E-state index in [0.717, 1.165) is 0 Å². The lowest BCUT2D eigenvalue weighted by Gasteiger charge is -2.37. The van der Waals surface area contributed by atoms with Crippen LogP contribution in [0.15, 0.2) is 12.2 Å². The molecule has 22 heavy (non-hydrogen) atoms. The lowest BCUT2D eigenvalue weighted by Crippen LogP contribution is -2.47. The molecule has 2 aliphatic carbocycles. The van der Waals surface area contributed by atoms with Gasteiger partial charge in [-0.25, -0.2) is 0 Å². The Kier molecular flexibility index (Phi) is 2.50. The van der Waals surface area contributed by atoms with Gasteiger partial charge in [0, 0.05) is 5.92 Å². The number of carbonyl (C=O) groups excluding carboxylic acids is 2. The summed E-state index contributed by atoms with van der Waals surface area (Å²) in [6.07, 6.45) is 3.48. The molecule has 2 saturated heterocycles. The largest absolute Gasteiger partial charge is 0.461 e. The molecule has 2 heterocycles. The third-order valence-electron chi connectivity index (χ3n) is 6.88. The van der Waals surface area contributed by atoms with E-state index in [1.165, 1.54) is 6.92 Å². The van der Waals surface area contributed by atoms with Crippen LogP contribution in [-0.2, 0) is 19.1 Å². The van der Waals surface area contributed by atoms with Gasteiger partial charge in [0.1, 0.15) is 11.5 Å². The van der Waals surface area contributed by atoms with Crippen molar-refractivity contribution in [2.45, 2.75) is 52.1 Å². The number of ether oxygens (including phenoxy) is 2. The summed E-state index contributed by atoms with van der Waals surface area (Å²) in [7, 11) is 0. The van der Waals surface area contributed by atoms with E-state index in [1.807, 2.05) is 13.0 Å². The maximum atomic E-state index is 12.6. The zero-order valence-corrected chi connectivity index (χ0v) is 13.3. The van der Waals surface area contributed by atoms with Crippen molar-refractivity contribution in [3.05, 3.63) is 12.2 Å². The monoisotopic (exact) mass is 306 g/mol. The number of carbonyl (C=O) groups is 2. The number of esters is 1. The number of aliphatic hydroxyl groups is 1. The Morgan fingerprint density at radius 2 is 1.95 bits per heavy atom. The van der Waals surface area contributed by atoms with Crippen LogP contribution in [-0.4, -0.2) is 34.9 Å². The first kappa shape index (κ1) is 14.4. The molecule has 4 aliphatic rings. The predicted molar refractivity (Wildman–Crippen MR) is 76.5 cm³/mol. The van der Waals surface area contributed by atoms with Crippen molar-refractivity contribution in [1.82, 2.24) is 0 Å². The van der Waals surface area contributed by atoms with Gasteiger partial charge in [-0.05, 0) is 45.1 Å². The van der Waals surface area contributed by atoms with Gasteiger partial charge in [0.25, 0.3) is 0 Å². The minimum Gasteiger partial charge on any atom is -0.461 e. The standard InChI is InChI=1S/C17H22O5/c1-8-7-10-12-13(15(2)9(8)5-6-11(15)18)22-17(4,20)16(12,3)14(19)21-10/h5-6,8-10,12-13,20H,7H2,1-4H3/t8-,9+,10+,12-,13-,15+,16+,17-/m1/s1. The Morgan fingerprint density at radius 3 is 2.64 bits per heavy atom. The van der Waals surface area contributed by atoms with Gasteiger partial charge in [-0.1, -0.05) is 13.0 Å². The fourth-order valence-electron chi connectivity index (χ4n) is 5.33. The molecule has 0 aromatic carbocycles. The second-order valence-electron chi connectivity index (χ2n) is 7.94. The highest BCUT2D eigenvalue weighted by atomic mass is 16.7. The van der Waals surface area contributed by atoms with Gasteiger partial charge in [-0.3, -0.25) is 9.59 Å². The quantitative estimate of drug-likeness (QED) is 0.686. The van der Waals surface area contributed by atoms with E-state index in [2.05, 4.69) is 6.92 Å². The van der Waals surface area contributed by atoms with Gasteiger partial charge < -0.3 is 14.6 Å². The molecule has 0 aromatic heterocycles. The van der Waals surface area contributed by atoms with Crippen molar-refractivity contribution in [3.8, 4) is 0 Å². The summed E-state index contributed by atoms with van der Waals surface area (Å²) in [5.41, 5.74) is -1.86. The van der Waals surface area contributed by atoms with Crippen LogP contribution >= 0.6 is 0 Å². The molecule has 0 bridgehead atoms. The van der Waals surface area contributed by atoms with Crippen LogP contribution in [0.25, 0.3) is 0 Å². The summed E-state index contributed by atoms with van der Waals surface area (Å²) in [6.45, 7) is 7.23. The maximum Gasteiger partial charge on any atom is 0.318 e. The number of fused-ring (bicyclic) bond motifs is 2. The van der Waals surface area contributed by atoms with Crippen LogP contribution in [0.5, 0.6) is 0 Å². The summed E-state index contributed by atoms with van der Waals surface area (Å²) in [4.78, 5) is 25.1. The third kappa shape index (κ3) is 1.30. The average Bonchev–Trinajstić information content (AvgIpc) is 2.91. The summed E-state index contributed by atoms with van der Waals surface area (Å²) in [6, 6.07) is 0. The van der Waals surface area contributed by atoms with Crippen molar-refractivity contribution >= 4 is 11.8 Å². The zero-order valence-electron chi connectivity index (χ0n) is 13.3. The van der Waals surface area contributed by atoms with Gasteiger partial charge in [0.05, 0.1) is 11.5 Å². The second-order valence-corrected chi connectivity index (χ2v) is 7.94. The molecule has 0 spiro atoms. The maximum absolute atomic E-state index is 12.6. The molecule has 0 radical (unpaired) electrons. The molecular weight excluding hydrogens is 284 g/mol. The molecule has 5 heteroatoms. The highest BCUT2D eigenvalue weighted by Gasteiger charge is 2.76. The molecule has 4 rings (SSSR count). The SMILES string of the molecule is C[C@@H]1C[C@@H]2OC(=O)[C@]3(C)[C@H]2[C@@H](O[C@@]3(C)O)[C@]2(C)C(=O)C=C[C@@H]12. The van der Waals surface area contributed by atoms with Gasteiger partial charge in [0.2, 0.25) is 0 Å². The molecule has 0 unspecified atom stereocenters. The van der Waals surface area contributed by atoms with Crippen molar-refractivity contribution in [2.75, 3.05) is 0 Å². The van der Waals surface area contributed by atoms with Crippen LogP contribution in [0.1, 0.15) is 34.1 Å². The molecule has 3 fully saturated rings. The number of hydrogen-bond donors (Lipinski definition) is 1. The van der Waals surface area contributed by atoms with Crippen molar-refractivity contribution < 1.29 is 24.2 Å². The van der Waals surface area contributed by atoms with Gasteiger partial charge in [-0.2, -0.15) is 0 Å². The van der Waals surface area contributed by atoms with E-state index in [-0.39, 0.29) is 29.6 Å². The van der Waals surface area contributed by atoms with Crippen molar-refractivity contribution in [1.29, 1.82) is 0 Å². The highest BCUT2D eigenvalue weighted by molar-refractivity contribution is 5.98. The van der Waals surface area contributed by atoms with E-state index in [0.29, 0.717) is 6.42 Å². The summed E-state index contributed by atoms with van der Waals surface area (Å²) in [5, 5.41) is 10.8. The topological polar surface area (TPSA) is 72.8 Å². The van der Waals surface area contributed by atoms with E-state index < -0.39 is 28.7 Å². The molecule has 1 saturated carbocycles. The zero-order chi connectivity index (χ0) is 16.1. The van der Waals surface area contributed by atoms with E-state index >= 15 is 0 Å². The van der Waals surface area contributed by atoms with E-state index in [9.17, 15) is 14.7 Å². The first-order valence-corrected chi connectivity index (χ1v) is 7.98. The Hall–Kier alpha value is -1.20. The van der Waals surface area contributed by atoms with Crippen LogP contribution in [0.4, 0.5) is 0 Å². The summed E-state index contributed by atoms with van der Waals surface area (Å²) >= 11 is 0. The molecule has 0 aromatic rings. The molecule has 1 N–H and O–H groups in total. The molecule has 120 valence electrons. The molecule has 2 aliphatic heterocycles. The first-order valence-electron chi connectivity index (χ1n) is 7.98. The number of rotatable bonds is 0. The number of hydrogen-bond acceptors (Lipinski definition) is 5. The van der Waals surface area contributed by atoms with Crippen LogP contribution < -0.4 is 0 Å². The first-order chi connectivity index (χ1) is 10.1. The third-order valence-corrected chi connectivity index (χ3v) is 6.88.